The average Bonchev–Trinajstić information content (AvgIpc) is 2.05. The van der Waals surface area contributed by atoms with Crippen molar-refractivity contribution in [3.8, 4) is 0 Å². The van der Waals surface area contributed by atoms with Crippen molar-refractivity contribution in [3.63, 3.8) is 0 Å². The van der Waals surface area contributed by atoms with Crippen LogP contribution in [0.15, 0.2) is 18.3 Å². The fourth-order valence-corrected chi connectivity index (χ4v) is 0.585. The van der Waals surface area contributed by atoms with E-state index in [4.69, 9.17) is 0 Å². The maximum absolute atomic E-state index is 11.8. The second kappa shape index (κ2) is 3.06. The number of hydrogen-bond donors (Lipinski definition) is 0. The fraction of sp³-hybridized carbons (Fsp3) is 0.143. The molecule has 0 fully saturated rings. The largest absolute Gasteiger partial charge is 0.298 e. The minimum Gasteiger partial charge on any atom is -0.298 e. The fourth-order valence-electron chi connectivity index (χ4n) is 0.585. The number of rotatable bonds is 2. The molecule has 2 nitrogen and oxygen atoms in total. The van der Waals surface area contributed by atoms with Crippen LogP contribution in [0.5, 0.6) is 0 Å². The van der Waals surface area contributed by atoms with Crippen molar-refractivity contribution < 1.29 is 9.18 Å². The Morgan fingerprint density at radius 2 is 2.40 bits per heavy atom. The SMILES string of the molecule is O=Cc1ccc(CF)nc1. The summed E-state index contributed by atoms with van der Waals surface area (Å²) in [6, 6.07) is 3.03. The molecule has 10 heavy (non-hydrogen) atoms. The molecule has 0 N–H and O–H groups in total. The molecule has 52 valence electrons. The van der Waals surface area contributed by atoms with Gasteiger partial charge in [-0.3, -0.25) is 9.78 Å². The van der Waals surface area contributed by atoms with Crippen molar-refractivity contribution in [3.05, 3.63) is 29.6 Å². The number of aldehydes is 1. The van der Waals surface area contributed by atoms with E-state index >= 15 is 0 Å². The monoisotopic (exact) mass is 139 g/mol. The van der Waals surface area contributed by atoms with Crippen molar-refractivity contribution in [2.45, 2.75) is 6.67 Å². The summed E-state index contributed by atoms with van der Waals surface area (Å²) in [5.41, 5.74) is 0.822. The molecular weight excluding hydrogens is 133 g/mol. The number of carbonyl (C=O) groups excluding carboxylic acids is 1. The first kappa shape index (κ1) is 6.86. The van der Waals surface area contributed by atoms with Gasteiger partial charge in [-0.2, -0.15) is 0 Å². The molecule has 0 atom stereocenters. The number of hydrogen-bond acceptors (Lipinski definition) is 2. The van der Waals surface area contributed by atoms with E-state index in [0.717, 1.165) is 0 Å². The summed E-state index contributed by atoms with van der Waals surface area (Å²) >= 11 is 0. The predicted octanol–water partition coefficient (Wildman–Crippen LogP) is 1.36. The van der Waals surface area contributed by atoms with Crippen LogP contribution >= 0.6 is 0 Å². The van der Waals surface area contributed by atoms with Gasteiger partial charge in [-0.25, -0.2) is 4.39 Å². The van der Waals surface area contributed by atoms with Crippen molar-refractivity contribution in [2.75, 3.05) is 0 Å². The summed E-state index contributed by atoms with van der Waals surface area (Å²) in [7, 11) is 0. The Labute approximate surface area is 57.7 Å². The van der Waals surface area contributed by atoms with Crippen LogP contribution in [-0.2, 0) is 6.67 Å². The van der Waals surface area contributed by atoms with Crippen LogP contribution in [-0.4, -0.2) is 11.3 Å². The van der Waals surface area contributed by atoms with Gasteiger partial charge in [0, 0.05) is 11.8 Å². The minimum atomic E-state index is -0.584. The first-order valence-corrected chi connectivity index (χ1v) is 2.83. The molecule has 1 aromatic rings. The van der Waals surface area contributed by atoms with Crippen LogP contribution in [0.1, 0.15) is 16.1 Å². The number of carbonyl (C=O) groups is 1. The predicted molar refractivity (Wildman–Crippen MR) is 34.4 cm³/mol. The second-order valence-electron chi connectivity index (χ2n) is 1.83. The molecule has 0 aliphatic heterocycles. The van der Waals surface area contributed by atoms with E-state index in [1.807, 2.05) is 0 Å². The van der Waals surface area contributed by atoms with Gasteiger partial charge in [0.05, 0.1) is 5.69 Å². The number of alkyl halides is 1. The van der Waals surface area contributed by atoms with Gasteiger partial charge in [0.25, 0.3) is 0 Å². The Morgan fingerprint density at radius 3 is 2.80 bits per heavy atom. The van der Waals surface area contributed by atoms with E-state index in [9.17, 15) is 9.18 Å². The summed E-state index contributed by atoms with van der Waals surface area (Å²) in [5, 5.41) is 0. The average molecular weight is 139 g/mol. The van der Waals surface area contributed by atoms with Crippen LogP contribution < -0.4 is 0 Å². The molecule has 0 bridgehead atoms. The maximum atomic E-state index is 11.8. The van der Waals surface area contributed by atoms with Gasteiger partial charge in [0.1, 0.15) is 6.67 Å². The molecule has 0 unspecified atom stereocenters. The lowest BCUT2D eigenvalue weighted by atomic mass is 10.3. The highest BCUT2D eigenvalue weighted by Gasteiger charge is 1.91. The Hall–Kier alpha value is -1.25. The zero-order valence-corrected chi connectivity index (χ0v) is 5.25. The zero-order chi connectivity index (χ0) is 7.40. The molecule has 0 radical (unpaired) electrons. The summed E-state index contributed by atoms with van der Waals surface area (Å²) in [4.78, 5) is 13.7. The van der Waals surface area contributed by atoms with Gasteiger partial charge >= 0.3 is 0 Å². The zero-order valence-electron chi connectivity index (χ0n) is 5.25. The Balaban J connectivity index is 2.90. The van der Waals surface area contributed by atoms with E-state index in [2.05, 4.69) is 4.98 Å². The van der Waals surface area contributed by atoms with Crippen molar-refractivity contribution in [1.82, 2.24) is 4.98 Å². The molecule has 0 saturated heterocycles. The minimum absolute atomic E-state index is 0.352. The van der Waals surface area contributed by atoms with Gasteiger partial charge in [-0.05, 0) is 12.1 Å². The first-order valence-electron chi connectivity index (χ1n) is 2.83. The molecule has 1 rings (SSSR count). The molecule has 0 aliphatic carbocycles. The van der Waals surface area contributed by atoms with Gasteiger partial charge in [0.2, 0.25) is 0 Å². The van der Waals surface area contributed by atoms with Crippen LogP contribution in [0.4, 0.5) is 4.39 Å². The van der Waals surface area contributed by atoms with E-state index in [0.29, 0.717) is 17.5 Å². The van der Waals surface area contributed by atoms with E-state index in [1.165, 1.54) is 18.3 Å². The maximum Gasteiger partial charge on any atom is 0.151 e. The van der Waals surface area contributed by atoms with Crippen LogP contribution in [0.2, 0.25) is 0 Å². The van der Waals surface area contributed by atoms with Gasteiger partial charge in [-0.1, -0.05) is 0 Å². The lowest BCUT2D eigenvalue weighted by molar-refractivity contribution is 0.112. The van der Waals surface area contributed by atoms with Crippen LogP contribution in [0.25, 0.3) is 0 Å². The number of nitrogens with zero attached hydrogens (tertiary/aromatic N) is 1. The summed E-state index contributed by atoms with van der Waals surface area (Å²) in [6.45, 7) is -0.584. The molecule has 0 aromatic carbocycles. The highest BCUT2D eigenvalue weighted by molar-refractivity contribution is 5.73. The van der Waals surface area contributed by atoms with Crippen LogP contribution in [0.3, 0.4) is 0 Å². The third-order valence-corrected chi connectivity index (χ3v) is 1.12. The molecule has 0 saturated carbocycles. The number of halogens is 1. The normalized spacial score (nSPS) is 9.30. The van der Waals surface area contributed by atoms with Crippen molar-refractivity contribution in [2.24, 2.45) is 0 Å². The lowest BCUT2D eigenvalue weighted by Gasteiger charge is -1.91. The second-order valence-corrected chi connectivity index (χ2v) is 1.83. The van der Waals surface area contributed by atoms with Crippen LogP contribution in [0, 0.1) is 0 Å². The summed E-state index contributed by atoms with van der Waals surface area (Å²) in [5.74, 6) is 0. The number of pyridine rings is 1. The standard InChI is InChI=1S/C7H6FNO/c8-3-7-2-1-6(5-10)4-9-7/h1-2,4-5H,3H2. The van der Waals surface area contributed by atoms with Gasteiger partial charge in [-0.15, -0.1) is 0 Å². The topological polar surface area (TPSA) is 30.0 Å². The molecular formula is C7H6FNO. The van der Waals surface area contributed by atoms with Gasteiger partial charge < -0.3 is 0 Å². The summed E-state index contributed by atoms with van der Waals surface area (Å²) < 4.78 is 11.8. The van der Waals surface area contributed by atoms with E-state index < -0.39 is 6.67 Å². The molecule has 1 aromatic heterocycles. The van der Waals surface area contributed by atoms with Crippen molar-refractivity contribution >= 4 is 6.29 Å². The third kappa shape index (κ3) is 1.37. The third-order valence-electron chi connectivity index (χ3n) is 1.12. The molecule has 3 heteroatoms. The molecule has 0 amide bonds. The summed E-state index contributed by atoms with van der Waals surface area (Å²) in [6.07, 6.45) is 2.02. The smallest absolute Gasteiger partial charge is 0.151 e. The van der Waals surface area contributed by atoms with E-state index in [-0.39, 0.29) is 0 Å². The van der Waals surface area contributed by atoms with Gasteiger partial charge in [0.15, 0.2) is 6.29 Å². The quantitative estimate of drug-likeness (QED) is 0.579. The highest BCUT2D eigenvalue weighted by atomic mass is 19.1. The van der Waals surface area contributed by atoms with Crippen molar-refractivity contribution in [1.29, 1.82) is 0 Å². The Morgan fingerprint density at radius 1 is 1.60 bits per heavy atom. The number of aromatic nitrogens is 1. The molecule has 1 heterocycles. The molecule has 0 aliphatic rings. The Bertz CT molecular complexity index is 220. The van der Waals surface area contributed by atoms with E-state index in [1.54, 1.807) is 0 Å². The Kier molecular flexibility index (Phi) is 2.10. The molecule has 0 spiro atoms. The highest BCUT2D eigenvalue weighted by Crippen LogP contribution is 1.98. The first-order chi connectivity index (χ1) is 4.86. The lowest BCUT2D eigenvalue weighted by Crippen LogP contribution is -1.86.